The van der Waals surface area contributed by atoms with Gasteiger partial charge in [0.25, 0.3) is 0 Å². The molecule has 0 radical (unpaired) electrons. The monoisotopic (exact) mass is 303 g/mol. The van der Waals surface area contributed by atoms with Crippen molar-refractivity contribution in [1.29, 1.82) is 0 Å². The van der Waals surface area contributed by atoms with Crippen molar-refractivity contribution < 1.29 is 9.32 Å². The second kappa shape index (κ2) is 5.90. The summed E-state index contributed by atoms with van der Waals surface area (Å²) in [5.74, 6) is 2.40. The maximum Gasteiger partial charge on any atom is 0.223 e. The molecule has 0 aromatic carbocycles. The lowest BCUT2D eigenvalue weighted by molar-refractivity contribution is -0.125. The molecule has 2 heterocycles. The number of nitrogens with zero attached hydrogens (tertiary/aromatic N) is 3. The number of fused-ring (bicyclic) bond motifs is 1. The van der Waals surface area contributed by atoms with Crippen molar-refractivity contribution in [2.75, 3.05) is 0 Å². The number of carbonyl (C=O) groups excluding carboxylic acids is 1. The number of H-pyrrole nitrogens is 1. The van der Waals surface area contributed by atoms with Crippen molar-refractivity contribution in [3.8, 4) is 0 Å². The fourth-order valence-corrected chi connectivity index (χ4v) is 2.72. The first-order valence-corrected chi connectivity index (χ1v) is 7.67. The summed E-state index contributed by atoms with van der Waals surface area (Å²) >= 11 is 0. The van der Waals surface area contributed by atoms with Gasteiger partial charge in [-0.15, -0.1) is 0 Å². The van der Waals surface area contributed by atoms with Crippen molar-refractivity contribution in [3.05, 3.63) is 28.9 Å². The Morgan fingerprint density at radius 2 is 2.27 bits per heavy atom. The van der Waals surface area contributed by atoms with Crippen LogP contribution < -0.4 is 5.32 Å². The molecule has 0 fully saturated rings. The van der Waals surface area contributed by atoms with Gasteiger partial charge in [0.1, 0.15) is 5.82 Å². The second-order valence-electron chi connectivity index (χ2n) is 6.09. The van der Waals surface area contributed by atoms with E-state index in [0.717, 1.165) is 30.1 Å². The Hall–Kier alpha value is -2.18. The molecule has 7 heteroatoms. The van der Waals surface area contributed by atoms with E-state index in [1.807, 2.05) is 0 Å². The zero-order valence-electron chi connectivity index (χ0n) is 13.1. The minimum absolute atomic E-state index is 0.0269. The molecule has 1 aliphatic carbocycles. The minimum Gasteiger partial charge on any atom is -0.348 e. The average molecular weight is 303 g/mol. The van der Waals surface area contributed by atoms with E-state index in [2.05, 4.69) is 39.3 Å². The average Bonchev–Trinajstić information content (AvgIpc) is 3.09. The molecule has 0 saturated heterocycles. The Morgan fingerprint density at radius 1 is 1.45 bits per heavy atom. The molecule has 3 rings (SSSR count). The van der Waals surface area contributed by atoms with Gasteiger partial charge >= 0.3 is 0 Å². The maximum absolute atomic E-state index is 12.3. The third kappa shape index (κ3) is 3.03. The molecule has 0 unspecified atom stereocenters. The van der Waals surface area contributed by atoms with E-state index < -0.39 is 0 Å². The molecule has 0 bridgehead atoms. The van der Waals surface area contributed by atoms with Crippen LogP contribution in [0, 0.1) is 12.8 Å². The topological polar surface area (TPSA) is 96.7 Å². The third-order valence-corrected chi connectivity index (χ3v) is 3.97. The van der Waals surface area contributed by atoms with Crippen LogP contribution in [0.5, 0.6) is 0 Å². The van der Waals surface area contributed by atoms with Crippen molar-refractivity contribution in [1.82, 2.24) is 25.4 Å². The smallest absolute Gasteiger partial charge is 0.223 e. The highest BCUT2D eigenvalue weighted by Crippen LogP contribution is 2.26. The van der Waals surface area contributed by atoms with E-state index in [1.54, 1.807) is 6.92 Å². The Labute approximate surface area is 128 Å². The van der Waals surface area contributed by atoms with Gasteiger partial charge in [0.15, 0.2) is 5.82 Å². The summed E-state index contributed by atoms with van der Waals surface area (Å²) in [6, 6.07) is 0. The largest absolute Gasteiger partial charge is 0.348 e. The normalized spacial score (nSPS) is 17.5. The van der Waals surface area contributed by atoms with Gasteiger partial charge < -0.3 is 14.8 Å². The van der Waals surface area contributed by atoms with E-state index in [4.69, 9.17) is 4.52 Å². The third-order valence-electron chi connectivity index (χ3n) is 3.97. The minimum atomic E-state index is -0.0269. The van der Waals surface area contributed by atoms with Crippen molar-refractivity contribution in [3.63, 3.8) is 0 Å². The number of carbonyl (C=O) groups is 1. The highest BCUT2D eigenvalue weighted by molar-refractivity contribution is 5.79. The summed E-state index contributed by atoms with van der Waals surface area (Å²) in [7, 11) is 0. The quantitative estimate of drug-likeness (QED) is 0.895. The summed E-state index contributed by atoms with van der Waals surface area (Å²) in [6.07, 6.45) is 2.39. The Bertz CT molecular complexity index is 673. The molecule has 7 nitrogen and oxygen atoms in total. The molecule has 1 amide bonds. The summed E-state index contributed by atoms with van der Waals surface area (Å²) in [4.78, 5) is 24.4. The van der Waals surface area contributed by atoms with Gasteiger partial charge in [-0.1, -0.05) is 19.0 Å². The number of imidazole rings is 1. The van der Waals surface area contributed by atoms with Gasteiger partial charge in [-0.05, 0) is 12.8 Å². The number of amides is 1. The molecule has 118 valence electrons. The molecular formula is C15H21N5O2. The van der Waals surface area contributed by atoms with E-state index in [-0.39, 0.29) is 11.8 Å². The van der Waals surface area contributed by atoms with Gasteiger partial charge in [0.2, 0.25) is 11.8 Å². The van der Waals surface area contributed by atoms with Crippen LogP contribution in [0.1, 0.15) is 55.1 Å². The summed E-state index contributed by atoms with van der Waals surface area (Å²) < 4.78 is 4.89. The van der Waals surface area contributed by atoms with Crippen molar-refractivity contribution in [2.24, 2.45) is 5.92 Å². The predicted octanol–water partition coefficient (Wildman–Crippen LogP) is 1.65. The van der Waals surface area contributed by atoms with Gasteiger partial charge in [0.05, 0.1) is 12.2 Å². The van der Waals surface area contributed by atoms with Crippen LogP contribution in [0.25, 0.3) is 0 Å². The molecule has 0 saturated carbocycles. The zero-order chi connectivity index (χ0) is 15.7. The van der Waals surface area contributed by atoms with Crippen LogP contribution in [0.4, 0.5) is 0 Å². The van der Waals surface area contributed by atoms with Crippen LogP contribution in [-0.4, -0.2) is 26.0 Å². The van der Waals surface area contributed by atoms with Crippen LogP contribution in [0.2, 0.25) is 0 Å². The SMILES string of the molecule is Cc1nc(CNC(=O)[C@@H]2CCc3nc(C(C)C)[nH]c3C2)no1. The highest BCUT2D eigenvalue weighted by Gasteiger charge is 2.27. The number of hydrogen-bond donors (Lipinski definition) is 2. The molecule has 1 aliphatic rings. The van der Waals surface area contributed by atoms with Gasteiger partial charge in [-0.3, -0.25) is 4.79 Å². The standard InChI is InChI=1S/C15H21N5O2/c1-8(2)14-18-11-5-4-10(6-12(11)19-14)15(21)16-7-13-17-9(3)22-20-13/h8,10H,4-7H2,1-3H3,(H,16,21)(H,18,19)/t10-/m1/s1. The van der Waals surface area contributed by atoms with Crippen LogP contribution in [-0.2, 0) is 24.2 Å². The fourth-order valence-electron chi connectivity index (χ4n) is 2.72. The zero-order valence-corrected chi connectivity index (χ0v) is 13.1. The number of aromatic amines is 1. The number of nitrogens with one attached hydrogen (secondary N) is 2. The maximum atomic E-state index is 12.3. The molecule has 2 aromatic heterocycles. The van der Waals surface area contributed by atoms with E-state index in [9.17, 15) is 4.79 Å². The van der Waals surface area contributed by atoms with Gasteiger partial charge in [-0.2, -0.15) is 4.98 Å². The lowest BCUT2D eigenvalue weighted by Crippen LogP contribution is -2.34. The van der Waals surface area contributed by atoms with Crippen LogP contribution in [0.15, 0.2) is 4.52 Å². The second-order valence-corrected chi connectivity index (χ2v) is 6.09. The van der Waals surface area contributed by atoms with Crippen LogP contribution in [0.3, 0.4) is 0 Å². The predicted molar refractivity (Wildman–Crippen MR) is 79.1 cm³/mol. The first-order chi connectivity index (χ1) is 10.5. The molecule has 0 spiro atoms. The summed E-state index contributed by atoms with van der Waals surface area (Å²) in [5, 5.41) is 6.66. The molecule has 2 N–H and O–H groups in total. The van der Waals surface area contributed by atoms with Gasteiger partial charge in [0, 0.05) is 30.9 Å². The summed E-state index contributed by atoms with van der Waals surface area (Å²) in [6.45, 7) is 6.26. The number of hydrogen-bond acceptors (Lipinski definition) is 5. The highest BCUT2D eigenvalue weighted by atomic mass is 16.5. The molecular weight excluding hydrogens is 282 g/mol. The first-order valence-electron chi connectivity index (χ1n) is 7.67. The van der Waals surface area contributed by atoms with Crippen molar-refractivity contribution in [2.45, 2.75) is 52.5 Å². The van der Waals surface area contributed by atoms with Crippen molar-refractivity contribution >= 4 is 5.91 Å². The van der Waals surface area contributed by atoms with E-state index in [1.165, 1.54) is 0 Å². The molecule has 0 aliphatic heterocycles. The first kappa shape index (κ1) is 14.7. The van der Waals surface area contributed by atoms with E-state index >= 15 is 0 Å². The van der Waals surface area contributed by atoms with Gasteiger partial charge in [-0.25, -0.2) is 4.98 Å². The molecule has 1 atom stereocenters. The Morgan fingerprint density at radius 3 is 2.95 bits per heavy atom. The molecule has 22 heavy (non-hydrogen) atoms. The Kier molecular flexibility index (Phi) is 3.96. The summed E-state index contributed by atoms with van der Waals surface area (Å²) in [5.41, 5.74) is 2.21. The number of rotatable bonds is 4. The lowest BCUT2D eigenvalue weighted by atomic mass is 9.89. The van der Waals surface area contributed by atoms with Crippen LogP contribution >= 0.6 is 0 Å². The Balaban J connectivity index is 1.60. The lowest BCUT2D eigenvalue weighted by Gasteiger charge is -2.20. The fraction of sp³-hybridized carbons (Fsp3) is 0.600. The number of aryl methyl sites for hydroxylation is 2. The molecule has 2 aromatic rings. The number of aromatic nitrogens is 4. The van der Waals surface area contributed by atoms with E-state index in [0.29, 0.717) is 30.6 Å².